The van der Waals surface area contributed by atoms with E-state index in [4.69, 9.17) is 0 Å². The van der Waals surface area contributed by atoms with E-state index in [2.05, 4.69) is 15.9 Å². The van der Waals surface area contributed by atoms with Crippen LogP contribution in [0.4, 0.5) is 0 Å². The van der Waals surface area contributed by atoms with Crippen LogP contribution in [0.1, 0.15) is 0 Å². The van der Waals surface area contributed by atoms with E-state index in [0.29, 0.717) is 4.90 Å². The standard InChI is InChI=1S/C9H8BrNO2S.Na/c1-11-5-8(10)7-3-2-6(14(12)13)4-9(7)11;/h2-5H,1H3,(H,12,13);/q;+1/p-1. The first-order valence-electron chi connectivity index (χ1n) is 3.93. The number of aryl methyl sites for hydroxylation is 1. The molecular weight excluding hydrogens is 289 g/mol. The van der Waals surface area contributed by atoms with Gasteiger partial charge in [-0.1, -0.05) is 6.07 Å². The van der Waals surface area contributed by atoms with Gasteiger partial charge in [0.15, 0.2) is 0 Å². The number of nitrogens with zero attached hydrogens (tertiary/aromatic N) is 1. The molecule has 1 unspecified atom stereocenters. The summed E-state index contributed by atoms with van der Waals surface area (Å²) in [6.45, 7) is 0. The van der Waals surface area contributed by atoms with Crippen LogP contribution in [-0.4, -0.2) is 13.3 Å². The topological polar surface area (TPSA) is 45.1 Å². The second-order valence-corrected chi connectivity index (χ2v) is 4.80. The van der Waals surface area contributed by atoms with Gasteiger partial charge in [-0.3, -0.25) is 4.21 Å². The fourth-order valence-electron chi connectivity index (χ4n) is 1.42. The molecule has 1 aromatic heterocycles. The van der Waals surface area contributed by atoms with E-state index in [0.717, 1.165) is 15.4 Å². The normalized spacial score (nSPS) is 12.5. The van der Waals surface area contributed by atoms with Gasteiger partial charge in [-0.05, 0) is 39.1 Å². The minimum absolute atomic E-state index is 0. The van der Waals surface area contributed by atoms with Crippen LogP contribution in [0.2, 0.25) is 0 Å². The Bertz CT molecular complexity index is 526. The first-order chi connectivity index (χ1) is 6.59. The summed E-state index contributed by atoms with van der Waals surface area (Å²) in [6, 6.07) is 5.05. The van der Waals surface area contributed by atoms with Crippen molar-refractivity contribution in [2.45, 2.75) is 4.90 Å². The molecule has 0 aliphatic heterocycles. The minimum Gasteiger partial charge on any atom is -0.768 e. The Labute approximate surface area is 121 Å². The van der Waals surface area contributed by atoms with Crippen LogP contribution in [0.5, 0.6) is 0 Å². The Balaban J connectivity index is 0.00000112. The van der Waals surface area contributed by atoms with Gasteiger partial charge in [0.2, 0.25) is 0 Å². The van der Waals surface area contributed by atoms with E-state index in [9.17, 15) is 8.76 Å². The zero-order chi connectivity index (χ0) is 10.3. The van der Waals surface area contributed by atoms with Gasteiger partial charge in [-0.25, -0.2) is 0 Å². The predicted octanol–water partition coefficient (Wildman–Crippen LogP) is -0.817. The number of hydrogen-bond acceptors (Lipinski definition) is 2. The molecule has 74 valence electrons. The molecule has 0 amide bonds. The average Bonchev–Trinajstić information content (AvgIpc) is 2.42. The quantitative estimate of drug-likeness (QED) is 0.510. The molecule has 1 heterocycles. The Kier molecular flexibility index (Phi) is 4.58. The molecule has 1 atom stereocenters. The van der Waals surface area contributed by atoms with E-state index in [1.54, 1.807) is 18.2 Å². The molecule has 2 aromatic rings. The van der Waals surface area contributed by atoms with E-state index in [1.807, 2.05) is 17.8 Å². The molecule has 15 heavy (non-hydrogen) atoms. The molecule has 0 aliphatic rings. The molecule has 0 saturated carbocycles. The maximum Gasteiger partial charge on any atom is 1.00 e. The van der Waals surface area contributed by atoms with Crippen LogP contribution in [-0.2, 0) is 18.1 Å². The van der Waals surface area contributed by atoms with Crippen LogP contribution < -0.4 is 29.6 Å². The van der Waals surface area contributed by atoms with Crippen LogP contribution in [0.15, 0.2) is 33.8 Å². The van der Waals surface area contributed by atoms with Gasteiger partial charge < -0.3 is 9.12 Å². The van der Waals surface area contributed by atoms with Crippen molar-refractivity contribution >= 4 is 37.9 Å². The monoisotopic (exact) mass is 295 g/mol. The number of rotatable bonds is 1. The SMILES string of the molecule is Cn1cc(Br)c2ccc(S(=O)[O-])cc21.[Na+]. The molecule has 1 aromatic carbocycles. The second-order valence-electron chi connectivity index (χ2n) is 3.00. The van der Waals surface area contributed by atoms with Gasteiger partial charge >= 0.3 is 29.6 Å². The van der Waals surface area contributed by atoms with Crippen molar-refractivity contribution in [3.63, 3.8) is 0 Å². The summed E-state index contributed by atoms with van der Waals surface area (Å²) >= 11 is 1.24. The largest absolute Gasteiger partial charge is 1.00 e. The molecule has 0 saturated heterocycles. The molecule has 0 fully saturated rings. The summed E-state index contributed by atoms with van der Waals surface area (Å²) in [4.78, 5) is 0.311. The number of benzene rings is 1. The van der Waals surface area contributed by atoms with Crippen molar-refractivity contribution in [1.29, 1.82) is 0 Å². The molecule has 0 radical (unpaired) electrons. The Morgan fingerprint density at radius 1 is 1.47 bits per heavy atom. The van der Waals surface area contributed by atoms with Crippen molar-refractivity contribution in [3.05, 3.63) is 28.9 Å². The Morgan fingerprint density at radius 2 is 2.13 bits per heavy atom. The molecule has 0 bridgehead atoms. The fourth-order valence-corrected chi connectivity index (χ4v) is 2.45. The summed E-state index contributed by atoms with van der Waals surface area (Å²) in [5.41, 5.74) is 0.901. The molecular formula is C9H7BrNNaO2S. The van der Waals surface area contributed by atoms with Crippen LogP contribution in [0.25, 0.3) is 10.9 Å². The first kappa shape index (κ1) is 13.4. The number of fused-ring (bicyclic) bond motifs is 1. The molecule has 6 heteroatoms. The van der Waals surface area contributed by atoms with Gasteiger partial charge in [0.05, 0.1) is 5.52 Å². The average molecular weight is 296 g/mol. The Hall–Kier alpha value is 0.350. The van der Waals surface area contributed by atoms with Gasteiger partial charge in [0.25, 0.3) is 0 Å². The Morgan fingerprint density at radius 3 is 2.73 bits per heavy atom. The third-order valence-electron chi connectivity index (χ3n) is 2.11. The van der Waals surface area contributed by atoms with Crippen molar-refractivity contribution in [2.24, 2.45) is 7.05 Å². The van der Waals surface area contributed by atoms with E-state index in [1.165, 1.54) is 0 Å². The van der Waals surface area contributed by atoms with E-state index < -0.39 is 11.1 Å². The van der Waals surface area contributed by atoms with Crippen LogP contribution >= 0.6 is 15.9 Å². The molecule has 0 N–H and O–H groups in total. The zero-order valence-corrected chi connectivity index (χ0v) is 12.8. The summed E-state index contributed by atoms with van der Waals surface area (Å²) in [7, 11) is 1.88. The second kappa shape index (κ2) is 5.12. The van der Waals surface area contributed by atoms with Gasteiger partial charge in [-0.2, -0.15) is 0 Å². The number of aromatic nitrogens is 1. The summed E-state index contributed by atoms with van der Waals surface area (Å²) < 4.78 is 24.3. The van der Waals surface area contributed by atoms with E-state index >= 15 is 0 Å². The maximum atomic E-state index is 10.7. The number of hydrogen-bond donors (Lipinski definition) is 0. The van der Waals surface area contributed by atoms with Crippen molar-refractivity contribution in [1.82, 2.24) is 4.57 Å². The molecule has 3 nitrogen and oxygen atoms in total. The van der Waals surface area contributed by atoms with Gasteiger partial charge in [-0.15, -0.1) is 0 Å². The summed E-state index contributed by atoms with van der Waals surface area (Å²) in [6.07, 6.45) is 1.90. The molecule has 0 spiro atoms. The third kappa shape index (κ3) is 2.54. The van der Waals surface area contributed by atoms with Gasteiger partial charge in [0, 0.05) is 28.0 Å². The molecule has 2 rings (SSSR count). The van der Waals surface area contributed by atoms with E-state index in [-0.39, 0.29) is 29.6 Å². The number of halogens is 1. The fraction of sp³-hybridized carbons (Fsp3) is 0.111. The zero-order valence-electron chi connectivity index (χ0n) is 8.36. The smallest absolute Gasteiger partial charge is 0.768 e. The predicted molar refractivity (Wildman–Crippen MR) is 57.8 cm³/mol. The minimum atomic E-state index is -2.16. The first-order valence-corrected chi connectivity index (χ1v) is 5.80. The third-order valence-corrected chi connectivity index (χ3v) is 3.38. The van der Waals surface area contributed by atoms with Crippen molar-refractivity contribution in [2.75, 3.05) is 0 Å². The van der Waals surface area contributed by atoms with Crippen LogP contribution in [0, 0.1) is 0 Å². The van der Waals surface area contributed by atoms with Crippen molar-refractivity contribution in [3.8, 4) is 0 Å². The van der Waals surface area contributed by atoms with Crippen molar-refractivity contribution < 1.29 is 38.3 Å². The molecule has 0 aliphatic carbocycles. The van der Waals surface area contributed by atoms with Gasteiger partial charge in [0.1, 0.15) is 0 Å². The summed E-state index contributed by atoms with van der Waals surface area (Å²) in [5, 5.41) is 1.02. The summed E-state index contributed by atoms with van der Waals surface area (Å²) in [5.74, 6) is 0. The maximum absolute atomic E-state index is 10.7. The van der Waals surface area contributed by atoms with Crippen LogP contribution in [0.3, 0.4) is 0 Å².